The summed E-state index contributed by atoms with van der Waals surface area (Å²) in [6, 6.07) is 12.5. The quantitative estimate of drug-likeness (QED) is 0.825. The van der Waals surface area contributed by atoms with Crippen LogP contribution in [-0.4, -0.2) is 12.5 Å². The summed E-state index contributed by atoms with van der Waals surface area (Å²) in [6.45, 7) is 5.03. The molecule has 2 N–H and O–H groups in total. The summed E-state index contributed by atoms with van der Waals surface area (Å²) in [4.78, 5) is 11.0. The molecule has 5 heteroatoms. The Morgan fingerprint density at radius 3 is 2.52 bits per heavy atom. The fourth-order valence-electron chi connectivity index (χ4n) is 2.28. The lowest BCUT2D eigenvalue weighted by Gasteiger charge is -2.14. The number of amides is 1. The maximum atomic E-state index is 13.2. The first-order valence-electron chi connectivity index (χ1n) is 7.48. The molecule has 0 aliphatic rings. The van der Waals surface area contributed by atoms with Crippen LogP contribution in [0.15, 0.2) is 42.5 Å². The van der Waals surface area contributed by atoms with Crippen molar-refractivity contribution in [2.75, 3.05) is 11.9 Å². The summed E-state index contributed by atoms with van der Waals surface area (Å²) < 4.78 is 13.2. The summed E-state index contributed by atoms with van der Waals surface area (Å²) in [7, 11) is 0. The Labute approximate surface area is 140 Å². The third-order valence-electron chi connectivity index (χ3n) is 3.57. The SMILES string of the molecule is CC(=O)Nc1ccc(CNCC(C)c2ccc(F)c(Cl)c2)cc1. The molecule has 0 radical (unpaired) electrons. The maximum absolute atomic E-state index is 13.2. The average Bonchev–Trinajstić information content (AvgIpc) is 2.51. The molecule has 0 saturated carbocycles. The fraction of sp³-hybridized carbons (Fsp3) is 0.278. The highest BCUT2D eigenvalue weighted by atomic mass is 35.5. The van der Waals surface area contributed by atoms with E-state index in [9.17, 15) is 9.18 Å². The number of hydrogen-bond acceptors (Lipinski definition) is 2. The van der Waals surface area contributed by atoms with Crippen LogP contribution in [0.1, 0.15) is 30.9 Å². The van der Waals surface area contributed by atoms with E-state index in [0.29, 0.717) is 0 Å². The zero-order valence-corrected chi connectivity index (χ0v) is 14.0. The Balaban J connectivity index is 1.84. The molecule has 0 aromatic heterocycles. The van der Waals surface area contributed by atoms with Crippen LogP contribution in [0.3, 0.4) is 0 Å². The van der Waals surface area contributed by atoms with Gasteiger partial charge >= 0.3 is 0 Å². The maximum Gasteiger partial charge on any atom is 0.221 e. The van der Waals surface area contributed by atoms with Crippen LogP contribution in [0.4, 0.5) is 10.1 Å². The van der Waals surface area contributed by atoms with E-state index in [0.717, 1.165) is 29.9 Å². The predicted molar refractivity (Wildman–Crippen MR) is 92.3 cm³/mol. The molecule has 1 atom stereocenters. The van der Waals surface area contributed by atoms with E-state index >= 15 is 0 Å². The molecule has 23 heavy (non-hydrogen) atoms. The molecule has 2 rings (SSSR count). The second-order valence-electron chi connectivity index (χ2n) is 5.58. The Morgan fingerprint density at radius 1 is 1.22 bits per heavy atom. The van der Waals surface area contributed by atoms with Gasteiger partial charge in [-0.25, -0.2) is 4.39 Å². The third kappa shape index (κ3) is 5.34. The molecule has 0 aliphatic carbocycles. The van der Waals surface area contributed by atoms with Gasteiger partial charge in [0.15, 0.2) is 0 Å². The lowest BCUT2D eigenvalue weighted by atomic mass is 10.0. The van der Waals surface area contributed by atoms with Gasteiger partial charge in [-0.15, -0.1) is 0 Å². The van der Waals surface area contributed by atoms with Crippen molar-refractivity contribution in [3.8, 4) is 0 Å². The molecule has 0 fully saturated rings. The summed E-state index contributed by atoms with van der Waals surface area (Å²) in [5.74, 6) is -0.246. The predicted octanol–water partition coefficient (Wildman–Crippen LogP) is 4.33. The van der Waals surface area contributed by atoms with Crippen LogP contribution >= 0.6 is 11.6 Å². The van der Waals surface area contributed by atoms with Crippen molar-refractivity contribution in [2.45, 2.75) is 26.3 Å². The molecule has 0 spiro atoms. The Morgan fingerprint density at radius 2 is 1.91 bits per heavy atom. The molecule has 0 bridgehead atoms. The van der Waals surface area contributed by atoms with Crippen LogP contribution < -0.4 is 10.6 Å². The number of halogens is 2. The molecule has 122 valence electrons. The molecule has 1 amide bonds. The number of nitrogens with one attached hydrogen (secondary N) is 2. The van der Waals surface area contributed by atoms with Gasteiger partial charge in [0.1, 0.15) is 5.82 Å². The first kappa shape index (κ1) is 17.4. The van der Waals surface area contributed by atoms with Crippen molar-refractivity contribution in [3.05, 3.63) is 64.4 Å². The minimum absolute atomic E-state index is 0.0809. The standard InChI is InChI=1S/C18H20ClFN2O/c1-12(15-5-8-18(20)17(19)9-15)10-21-11-14-3-6-16(7-4-14)22-13(2)23/h3-9,12,21H,10-11H2,1-2H3,(H,22,23). The topological polar surface area (TPSA) is 41.1 Å². The second-order valence-corrected chi connectivity index (χ2v) is 5.99. The third-order valence-corrected chi connectivity index (χ3v) is 3.86. The van der Waals surface area contributed by atoms with Gasteiger partial charge in [0, 0.05) is 25.7 Å². The summed E-state index contributed by atoms with van der Waals surface area (Å²) in [5.41, 5.74) is 2.92. The average molecular weight is 335 g/mol. The zero-order chi connectivity index (χ0) is 16.8. The summed E-state index contributed by atoms with van der Waals surface area (Å²) in [6.07, 6.45) is 0. The van der Waals surface area contributed by atoms with Crippen molar-refractivity contribution in [1.29, 1.82) is 0 Å². The lowest BCUT2D eigenvalue weighted by molar-refractivity contribution is -0.114. The van der Waals surface area contributed by atoms with Gasteiger partial charge in [0.05, 0.1) is 5.02 Å². The normalized spacial score (nSPS) is 12.0. The Kier molecular flexibility index (Phi) is 6.13. The summed E-state index contributed by atoms with van der Waals surface area (Å²) in [5, 5.41) is 6.26. The van der Waals surface area contributed by atoms with Crippen molar-refractivity contribution in [1.82, 2.24) is 5.32 Å². The van der Waals surface area contributed by atoms with Crippen molar-refractivity contribution in [3.63, 3.8) is 0 Å². The Bertz CT molecular complexity index is 673. The lowest BCUT2D eigenvalue weighted by Crippen LogP contribution is -2.19. The monoisotopic (exact) mass is 334 g/mol. The van der Waals surface area contributed by atoms with E-state index in [4.69, 9.17) is 11.6 Å². The molecule has 2 aromatic carbocycles. The minimum atomic E-state index is -0.394. The van der Waals surface area contributed by atoms with Gasteiger partial charge in [0.25, 0.3) is 0 Å². The first-order valence-corrected chi connectivity index (χ1v) is 7.85. The van der Waals surface area contributed by atoms with Crippen LogP contribution in [0.5, 0.6) is 0 Å². The highest BCUT2D eigenvalue weighted by Crippen LogP contribution is 2.21. The van der Waals surface area contributed by atoms with E-state index in [-0.39, 0.29) is 16.8 Å². The molecule has 2 aromatic rings. The highest BCUT2D eigenvalue weighted by molar-refractivity contribution is 6.30. The van der Waals surface area contributed by atoms with Crippen LogP contribution in [0, 0.1) is 5.82 Å². The van der Waals surface area contributed by atoms with E-state index in [1.165, 1.54) is 13.0 Å². The number of benzene rings is 2. The van der Waals surface area contributed by atoms with E-state index in [1.807, 2.05) is 24.3 Å². The van der Waals surface area contributed by atoms with Gasteiger partial charge in [-0.2, -0.15) is 0 Å². The number of carbonyl (C=O) groups excluding carboxylic acids is 1. The largest absolute Gasteiger partial charge is 0.326 e. The van der Waals surface area contributed by atoms with Crippen molar-refractivity contribution >= 4 is 23.2 Å². The first-order chi connectivity index (χ1) is 11.0. The zero-order valence-electron chi connectivity index (χ0n) is 13.2. The van der Waals surface area contributed by atoms with E-state index in [1.54, 1.807) is 12.1 Å². The smallest absolute Gasteiger partial charge is 0.221 e. The van der Waals surface area contributed by atoms with Crippen LogP contribution in [-0.2, 0) is 11.3 Å². The molecule has 0 saturated heterocycles. The Hall–Kier alpha value is -1.91. The molecule has 3 nitrogen and oxygen atoms in total. The molecular weight excluding hydrogens is 315 g/mol. The molecule has 1 unspecified atom stereocenters. The number of rotatable bonds is 6. The van der Waals surface area contributed by atoms with E-state index in [2.05, 4.69) is 17.6 Å². The fourth-order valence-corrected chi connectivity index (χ4v) is 2.47. The number of carbonyl (C=O) groups is 1. The summed E-state index contributed by atoms with van der Waals surface area (Å²) >= 11 is 5.81. The van der Waals surface area contributed by atoms with Gasteiger partial charge in [-0.1, -0.05) is 36.7 Å². The number of anilines is 1. The van der Waals surface area contributed by atoms with Crippen molar-refractivity contribution in [2.24, 2.45) is 0 Å². The van der Waals surface area contributed by atoms with Crippen LogP contribution in [0.25, 0.3) is 0 Å². The van der Waals surface area contributed by atoms with Crippen LogP contribution in [0.2, 0.25) is 5.02 Å². The highest BCUT2D eigenvalue weighted by Gasteiger charge is 2.08. The van der Waals surface area contributed by atoms with Gasteiger partial charge in [0.2, 0.25) is 5.91 Å². The minimum Gasteiger partial charge on any atom is -0.326 e. The van der Waals surface area contributed by atoms with E-state index < -0.39 is 5.82 Å². The van der Waals surface area contributed by atoms with Gasteiger partial charge in [-0.3, -0.25) is 4.79 Å². The second kappa shape index (κ2) is 8.09. The van der Waals surface area contributed by atoms with Gasteiger partial charge < -0.3 is 10.6 Å². The molecular formula is C18H20ClFN2O. The van der Waals surface area contributed by atoms with Gasteiger partial charge in [-0.05, 0) is 41.3 Å². The molecule has 0 aliphatic heterocycles. The molecule has 0 heterocycles. The number of hydrogen-bond donors (Lipinski definition) is 2. The van der Waals surface area contributed by atoms with Crippen molar-refractivity contribution < 1.29 is 9.18 Å².